The van der Waals surface area contributed by atoms with Gasteiger partial charge in [-0.2, -0.15) is 0 Å². The lowest BCUT2D eigenvalue weighted by Gasteiger charge is -2.34. The minimum absolute atomic E-state index is 0.0792. The minimum Gasteiger partial charge on any atom is -0.319 e. The summed E-state index contributed by atoms with van der Waals surface area (Å²) >= 11 is 5.83. The van der Waals surface area contributed by atoms with E-state index in [0.717, 1.165) is 5.56 Å². The summed E-state index contributed by atoms with van der Waals surface area (Å²) < 4.78 is 0. The molecule has 0 radical (unpaired) electrons. The van der Waals surface area contributed by atoms with Crippen LogP contribution in [0.2, 0.25) is 5.02 Å². The highest BCUT2D eigenvalue weighted by Gasteiger charge is 2.45. The lowest BCUT2D eigenvalue weighted by atomic mass is 9.92. The molecule has 0 bridgehead atoms. The van der Waals surface area contributed by atoms with Crippen LogP contribution >= 0.6 is 11.6 Å². The van der Waals surface area contributed by atoms with Gasteiger partial charge in [-0.05, 0) is 31.5 Å². The second-order valence-electron chi connectivity index (χ2n) is 4.94. The molecule has 0 unspecified atom stereocenters. The van der Waals surface area contributed by atoms with Crippen molar-refractivity contribution >= 4 is 23.4 Å². The molecule has 2 amide bonds. The molecule has 2 N–H and O–H groups in total. The van der Waals surface area contributed by atoms with E-state index in [1.54, 1.807) is 12.1 Å². The fourth-order valence-electron chi connectivity index (χ4n) is 2.23. The molecule has 0 aliphatic carbocycles. The summed E-state index contributed by atoms with van der Waals surface area (Å²) in [6.07, 6.45) is 0.0792. The van der Waals surface area contributed by atoms with Gasteiger partial charge in [0.25, 0.3) is 0 Å². The van der Waals surface area contributed by atoms with Crippen molar-refractivity contribution in [3.05, 3.63) is 34.9 Å². The lowest BCUT2D eigenvalue weighted by molar-refractivity contribution is -0.145. The van der Waals surface area contributed by atoms with Crippen LogP contribution in [0, 0.1) is 0 Å². The maximum absolute atomic E-state index is 12.0. The molecule has 0 aromatic heterocycles. The third kappa shape index (κ3) is 2.02. The van der Waals surface area contributed by atoms with Gasteiger partial charge in [0.1, 0.15) is 0 Å². The number of nitrogens with two attached hydrogens (primary N) is 1. The molecule has 1 fully saturated rings. The average Bonchev–Trinajstić information content (AvgIpc) is 2.54. The fraction of sp³-hybridized carbons (Fsp3) is 0.385. The van der Waals surface area contributed by atoms with Crippen LogP contribution < -0.4 is 5.73 Å². The predicted molar refractivity (Wildman–Crippen MR) is 68.9 cm³/mol. The summed E-state index contributed by atoms with van der Waals surface area (Å²) in [7, 11) is 0. The van der Waals surface area contributed by atoms with Gasteiger partial charge in [0.05, 0.1) is 18.0 Å². The number of amides is 2. The highest BCUT2D eigenvalue weighted by atomic mass is 35.5. The Morgan fingerprint density at radius 1 is 1.28 bits per heavy atom. The first-order valence-electron chi connectivity index (χ1n) is 5.72. The first-order valence-corrected chi connectivity index (χ1v) is 6.10. The molecule has 2 rings (SSSR count). The number of carbonyl (C=O) groups is 2. The van der Waals surface area contributed by atoms with E-state index in [1.807, 2.05) is 26.0 Å². The number of rotatable bonds is 2. The van der Waals surface area contributed by atoms with Crippen LogP contribution in [-0.2, 0) is 15.1 Å². The summed E-state index contributed by atoms with van der Waals surface area (Å²) in [5.74, 6) is -0.549. The zero-order chi connectivity index (χ0) is 13.5. The van der Waals surface area contributed by atoms with Gasteiger partial charge in [0.2, 0.25) is 11.8 Å². The molecule has 1 aliphatic heterocycles. The standard InChI is InChI=1S/C13H15ClN2O2/c1-13(2,8-3-5-9(14)6-4-8)16-11(17)7-10(15)12(16)18/h3-6,10H,7,15H2,1-2H3/t10-/m0/s1. The zero-order valence-corrected chi connectivity index (χ0v) is 11.1. The Morgan fingerprint density at radius 3 is 2.28 bits per heavy atom. The molecule has 1 aromatic rings. The molecule has 96 valence electrons. The molecule has 18 heavy (non-hydrogen) atoms. The number of benzene rings is 1. The van der Waals surface area contributed by atoms with Crippen molar-refractivity contribution in [2.75, 3.05) is 0 Å². The van der Waals surface area contributed by atoms with Gasteiger partial charge in [0.15, 0.2) is 0 Å². The van der Waals surface area contributed by atoms with Crippen molar-refractivity contribution in [3.63, 3.8) is 0 Å². The summed E-state index contributed by atoms with van der Waals surface area (Å²) in [6.45, 7) is 3.65. The third-order valence-corrected chi connectivity index (χ3v) is 3.54. The Bertz CT molecular complexity index is 496. The first kappa shape index (κ1) is 13.1. The second-order valence-corrected chi connectivity index (χ2v) is 5.38. The number of carbonyl (C=O) groups excluding carboxylic acids is 2. The van der Waals surface area contributed by atoms with Crippen molar-refractivity contribution in [3.8, 4) is 0 Å². The van der Waals surface area contributed by atoms with Crippen LogP contribution in [0.1, 0.15) is 25.8 Å². The molecule has 1 aromatic carbocycles. The van der Waals surface area contributed by atoms with E-state index < -0.39 is 11.6 Å². The van der Waals surface area contributed by atoms with Crippen LogP contribution in [0.3, 0.4) is 0 Å². The summed E-state index contributed by atoms with van der Waals surface area (Å²) in [5, 5.41) is 0.616. The van der Waals surface area contributed by atoms with E-state index in [2.05, 4.69) is 0 Å². The van der Waals surface area contributed by atoms with Gasteiger partial charge >= 0.3 is 0 Å². The van der Waals surface area contributed by atoms with E-state index in [1.165, 1.54) is 4.90 Å². The number of likely N-dealkylation sites (tertiary alicyclic amines) is 1. The lowest BCUT2D eigenvalue weighted by Crippen LogP contribution is -2.47. The highest BCUT2D eigenvalue weighted by molar-refractivity contribution is 6.30. The maximum atomic E-state index is 12.0. The average molecular weight is 267 g/mol. The van der Waals surface area contributed by atoms with Crippen LogP contribution in [0.4, 0.5) is 0 Å². The molecule has 1 aliphatic rings. The number of halogens is 1. The van der Waals surface area contributed by atoms with Crippen molar-refractivity contribution in [2.24, 2.45) is 5.73 Å². The van der Waals surface area contributed by atoms with Crippen molar-refractivity contribution in [1.29, 1.82) is 0 Å². The van der Waals surface area contributed by atoms with Crippen molar-refractivity contribution in [1.82, 2.24) is 4.90 Å². The van der Waals surface area contributed by atoms with E-state index in [-0.39, 0.29) is 18.2 Å². The number of imide groups is 1. The van der Waals surface area contributed by atoms with Gasteiger partial charge in [-0.15, -0.1) is 0 Å². The topological polar surface area (TPSA) is 63.4 Å². The number of hydrogen-bond donors (Lipinski definition) is 1. The molecule has 0 spiro atoms. The molecule has 1 heterocycles. The van der Waals surface area contributed by atoms with Crippen LogP contribution in [-0.4, -0.2) is 22.8 Å². The Kier molecular flexibility index (Phi) is 3.17. The largest absolute Gasteiger partial charge is 0.319 e. The molecule has 0 saturated carbocycles. The van der Waals surface area contributed by atoms with Crippen LogP contribution in [0.5, 0.6) is 0 Å². The minimum atomic E-state index is -0.718. The van der Waals surface area contributed by atoms with Gasteiger partial charge in [-0.1, -0.05) is 23.7 Å². The third-order valence-electron chi connectivity index (χ3n) is 3.29. The summed E-state index contributed by atoms with van der Waals surface area (Å²) in [6, 6.07) is 6.39. The van der Waals surface area contributed by atoms with Gasteiger partial charge in [0, 0.05) is 5.02 Å². The van der Waals surface area contributed by atoms with Gasteiger partial charge in [-0.3, -0.25) is 14.5 Å². The van der Waals surface area contributed by atoms with E-state index in [4.69, 9.17) is 17.3 Å². The van der Waals surface area contributed by atoms with Crippen molar-refractivity contribution in [2.45, 2.75) is 31.8 Å². The molecule has 1 saturated heterocycles. The molecule has 5 heteroatoms. The summed E-state index contributed by atoms with van der Waals surface area (Å²) in [4.78, 5) is 25.1. The zero-order valence-electron chi connectivity index (χ0n) is 10.3. The molecule has 4 nitrogen and oxygen atoms in total. The van der Waals surface area contributed by atoms with Gasteiger partial charge < -0.3 is 5.73 Å². The Balaban J connectivity index is 2.39. The Morgan fingerprint density at radius 2 is 1.83 bits per heavy atom. The predicted octanol–water partition coefficient (Wildman–Crippen LogP) is 1.66. The first-order chi connectivity index (χ1) is 8.34. The quantitative estimate of drug-likeness (QED) is 0.828. The summed E-state index contributed by atoms with van der Waals surface area (Å²) in [5.41, 5.74) is 5.76. The molecular formula is C13H15ClN2O2. The van der Waals surface area contributed by atoms with Crippen LogP contribution in [0.25, 0.3) is 0 Å². The van der Waals surface area contributed by atoms with Crippen molar-refractivity contribution < 1.29 is 9.59 Å². The number of hydrogen-bond acceptors (Lipinski definition) is 3. The Labute approximate surface area is 111 Å². The van der Waals surface area contributed by atoms with E-state index in [9.17, 15) is 9.59 Å². The SMILES string of the molecule is CC(C)(c1ccc(Cl)cc1)N1C(=O)C[C@H](N)C1=O. The molecule has 1 atom stereocenters. The van der Waals surface area contributed by atoms with Crippen LogP contribution in [0.15, 0.2) is 24.3 Å². The normalized spacial score (nSPS) is 20.7. The smallest absolute Gasteiger partial charge is 0.247 e. The van der Waals surface area contributed by atoms with E-state index >= 15 is 0 Å². The monoisotopic (exact) mass is 266 g/mol. The van der Waals surface area contributed by atoms with E-state index in [0.29, 0.717) is 5.02 Å². The Hall–Kier alpha value is -1.39. The maximum Gasteiger partial charge on any atom is 0.247 e. The molecular weight excluding hydrogens is 252 g/mol. The van der Waals surface area contributed by atoms with Gasteiger partial charge in [-0.25, -0.2) is 0 Å². The fourth-order valence-corrected chi connectivity index (χ4v) is 2.36. The number of nitrogens with zero attached hydrogens (tertiary/aromatic N) is 1. The second kappa shape index (κ2) is 4.37. The highest BCUT2D eigenvalue weighted by Crippen LogP contribution is 2.32.